The molecule has 0 aromatic heterocycles. The average Bonchev–Trinajstić information content (AvgIpc) is 2.99. The van der Waals surface area contributed by atoms with Gasteiger partial charge in [-0.2, -0.15) is 0 Å². The Hall–Kier alpha value is -4.52. The molecular formula is C30H56N10O9. The van der Waals surface area contributed by atoms with Crippen LogP contribution in [0.1, 0.15) is 74.1 Å². The summed E-state index contributed by atoms with van der Waals surface area (Å²) in [5, 5.41) is 33.7. The van der Waals surface area contributed by atoms with Crippen LogP contribution in [0.25, 0.3) is 0 Å². The van der Waals surface area contributed by atoms with Crippen LogP contribution in [0, 0.1) is 11.8 Å². The molecule has 0 spiro atoms. The van der Waals surface area contributed by atoms with Crippen LogP contribution >= 0.6 is 0 Å². The first-order chi connectivity index (χ1) is 22.7. The predicted octanol–water partition coefficient (Wildman–Crippen LogP) is -3.50. The van der Waals surface area contributed by atoms with E-state index in [9.17, 15) is 43.8 Å². The van der Waals surface area contributed by atoms with Crippen molar-refractivity contribution in [2.24, 2.45) is 34.0 Å². The lowest BCUT2D eigenvalue weighted by atomic mass is 10.0. The molecule has 0 saturated heterocycles. The number of guanidine groups is 1. The number of aliphatic hydroxyl groups is 1. The Bertz CT molecular complexity index is 1180. The second-order valence-electron chi connectivity index (χ2n) is 12.7. The zero-order valence-electron chi connectivity index (χ0n) is 29.4. The van der Waals surface area contributed by atoms with Gasteiger partial charge in [-0.25, -0.2) is 4.79 Å². The smallest absolute Gasteiger partial charge is 0.326 e. The number of carboxylic acids is 1. The normalized spacial score (nSPS) is 15.3. The number of carbonyl (C=O) groups excluding carboxylic acids is 6. The van der Waals surface area contributed by atoms with Gasteiger partial charge in [0.1, 0.15) is 36.3 Å². The van der Waals surface area contributed by atoms with Gasteiger partial charge in [0.2, 0.25) is 35.4 Å². The van der Waals surface area contributed by atoms with Gasteiger partial charge >= 0.3 is 5.97 Å². The second kappa shape index (κ2) is 22.2. The van der Waals surface area contributed by atoms with Gasteiger partial charge in [0.25, 0.3) is 0 Å². The molecule has 0 aliphatic carbocycles. The maximum absolute atomic E-state index is 13.1. The molecule has 0 rings (SSSR count). The topological polar surface area (TPSA) is 323 Å². The van der Waals surface area contributed by atoms with Crippen LogP contribution in [0.4, 0.5) is 0 Å². The average molecular weight is 701 g/mol. The van der Waals surface area contributed by atoms with Crippen molar-refractivity contribution in [2.45, 2.75) is 116 Å². The van der Waals surface area contributed by atoms with E-state index in [-0.39, 0.29) is 43.6 Å². The molecule has 0 saturated carbocycles. The van der Waals surface area contributed by atoms with Gasteiger partial charge < -0.3 is 59.3 Å². The molecule has 19 nitrogen and oxygen atoms in total. The molecule has 0 heterocycles. The summed E-state index contributed by atoms with van der Waals surface area (Å²) in [6, 6.07) is -8.22. The Morgan fingerprint density at radius 3 is 1.45 bits per heavy atom. The molecule has 0 aromatic carbocycles. The Morgan fingerprint density at radius 2 is 1.00 bits per heavy atom. The first kappa shape index (κ1) is 44.5. The van der Waals surface area contributed by atoms with Gasteiger partial charge in [-0.05, 0) is 58.3 Å². The third-order valence-corrected chi connectivity index (χ3v) is 7.03. The van der Waals surface area contributed by atoms with E-state index in [4.69, 9.17) is 17.2 Å². The fourth-order valence-electron chi connectivity index (χ4n) is 4.31. The van der Waals surface area contributed by atoms with Crippen molar-refractivity contribution in [3.63, 3.8) is 0 Å². The van der Waals surface area contributed by atoms with E-state index in [0.717, 1.165) is 0 Å². The molecule has 6 amide bonds. The molecule has 0 aliphatic heterocycles. The number of nitrogens with two attached hydrogens (primary N) is 3. The molecule has 0 bridgehead atoms. The number of hydrogen-bond donors (Lipinski definition) is 11. The molecule has 19 heteroatoms. The number of rotatable bonds is 22. The molecule has 7 atom stereocenters. The Morgan fingerprint density at radius 1 is 0.592 bits per heavy atom. The van der Waals surface area contributed by atoms with Gasteiger partial charge in [0, 0.05) is 6.54 Å². The van der Waals surface area contributed by atoms with Crippen molar-refractivity contribution < 1.29 is 43.8 Å². The third-order valence-electron chi connectivity index (χ3n) is 7.03. The van der Waals surface area contributed by atoms with Crippen molar-refractivity contribution in [2.75, 3.05) is 13.2 Å². The van der Waals surface area contributed by atoms with Crippen LogP contribution in [0.2, 0.25) is 0 Å². The van der Waals surface area contributed by atoms with Crippen molar-refractivity contribution in [3.8, 4) is 0 Å². The number of amides is 6. The lowest BCUT2D eigenvalue weighted by molar-refractivity contribution is -0.142. The largest absolute Gasteiger partial charge is 0.480 e. The summed E-state index contributed by atoms with van der Waals surface area (Å²) in [6.45, 7) is 10.7. The molecular weight excluding hydrogens is 644 g/mol. The maximum atomic E-state index is 13.1. The fourth-order valence-corrected chi connectivity index (χ4v) is 4.31. The molecule has 0 aromatic rings. The summed E-state index contributed by atoms with van der Waals surface area (Å²) in [5.41, 5.74) is 16.3. The summed E-state index contributed by atoms with van der Waals surface area (Å²) in [5.74, 6) is -5.90. The van der Waals surface area contributed by atoms with E-state index in [0.29, 0.717) is 6.42 Å². The van der Waals surface area contributed by atoms with E-state index in [1.54, 1.807) is 13.8 Å². The van der Waals surface area contributed by atoms with Gasteiger partial charge in [-0.3, -0.25) is 33.8 Å². The number of nitrogens with one attached hydrogen (secondary N) is 6. The van der Waals surface area contributed by atoms with Crippen LogP contribution in [0.15, 0.2) is 4.99 Å². The molecule has 280 valence electrons. The highest BCUT2D eigenvalue weighted by Crippen LogP contribution is 2.07. The quantitative estimate of drug-likeness (QED) is 0.0298. The minimum Gasteiger partial charge on any atom is -0.480 e. The summed E-state index contributed by atoms with van der Waals surface area (Å²) >= 11 is 0. The maximum Gasteiger partial charge on any atom is 0.326 e. The monoisotopic (exact) mass is 700 g/mol. The molecule has 0 unspecified atom stereocenters. The number of carbonyl (C=O) groups is 7. The van der Waals surface area contributed by atoms with Crippen molar-refractivity contribution in [3.05, 3.63) is 0 Å². The molecule has 0 aliphatic rings. The third kappa shape index (κ3) is 18.0. The van der Waals surface area contributed by atoms with Crippen molar-refractivity contribution in [1.29, 1.82) is 0 Å². The Kier molecular flexibility index (Phi) is 20.1. The van der Waals surface area contributed by atoms with Crippen LogP contribution in [-0.4, -0.2) is 113 Å². The summed E-state index contributed by atoms with van der Waals surface area (Å²) in [4.78, 5) is 91.8. The number of hydrogen-bond acceptors (Lipinski definition) is 10. The summed E-state index contributed by atoms with van der Waals surface area (Å²) in [7, 11) is 0. The minimum atomic E-state index is -1.52. The number of aliphatic imine (C=N–C) groups is 1. The van der Waals surface area contributed by atoms with E-state index >= 15 is 0 Å². The Labute approximate surface area is 286 Å². The first-order valence-electron chi connectivity index (χ1n) is 16.2. The SMILES string of the molecule is CC(C)C[C@H](NC(=O)[C@H](C)NC(=O)[C@@H](N)CC(C)C)C(=O)N[C@@H](CO)C(=O)N[C@@H](C)C(=O)N[C@@H](C)C(=O)N[C@@H](CCCN=C(N)N)C(=O)O. The molecule has 49 heavy (non-hydrogen) atoms. The van der Waals surface area contributed by atoms with Crippen LogP contribution in [0.3, 0.4) is 0 Å². The zero-order chi connectivity index (χ0) is 38.0. The Balaban J connectivity index is 5.27. The van der Waals surface area contributed by atoms with Crippen LogP contribution < -0.4 is 49.1 Å². The number of nitrogens with zero attached hydrogens (tertiary/aromatic N) is 1. The number of carboxylic acid groups (broad SMARTS) is 1. The van der Waals surface area contributed by atoms with Crippen LogP contribution in [-0.2, 0) is 33.6 Å². The minimum absolute atomic E-state index is 0.0176. The molecule has 0 fully saturated rings. The predicted molar refractivity (Wildman–Crippen MR) is 180 cm³/mol. The van der Waals surface area contributed by atoms with Crippen LogP contribution in [0.5, 0.6) is 0 Å². The summed E-state index contributed by atoms with van der Waals surface area (Å²) < 4.78 is 0. The lowest BCUT2D eigenvalue weighted by Crippen LogP contribution is -2.59. The molecule has 14 N–H and O–H groups in total. The van der Waals surface area contributed by atoms with E-state index in [1.165, 1.54) is 20.8 Å². The highest BCUT2D eigenvalue weighted by molar-refractivity contribution is 5.96. The number of aliphatic carboxylic acids is 1. The lowest BCUT2D eigenvalue weighted by Gasteiger charge is -2.26. The standard InChI is InChI=1S/C30H56N10O9/c1-14(2)11-19(31)26(45)36-18(7)25(44)39-21(12-15(3)4)27(46)40-22(13-41)28(47)37-16(5)23(42)35-17(6)24(43)38-20(29(48)49)9-8-10-34-30(32)33/h14-22,41H,8-13,31H2,1-7H3,(H,35,42)(H,36,45)(H,37,47)(H,38,43)(H,39,44)(H,40,46)(H,48,49)(H4,32,33,34)/t16-,17-,18-,19-,20-,21-,22-/m0/s1. The van der Waals surface area contributed by atoms with E-state index in [2.05, 4.69) is 36.9 Å². The van der Waals surface area contributed by atoms with E-state index in [1.807, 2.05) is 13.8 Å². The summed E-state index contributed by atoms with van der Waals surface area (Å²) in [6.07, 6.45) is 0.845. The fraction of sp³-hybridized carbons (Fsp3) is 0.733. The van der Waals surface area contributed by atoms with Crippen molar-refractivity contribution >= 4 is 47.4 Å². The highest BCUT2D eigenvalue weighted by Gasteiger charge is 2.31. The van der Waals surface area contributed by atoms with Gasteiger partial charge in [-0.1, -0.05) is 27.7 Å². The highest BCUT2D eigenvalue weighted by atomic mass is 16.4. The van der Waals surface area contributed by atoms with E-state index < -0.39 is 90.3 Å². The first-order valence-corrected chi connectivity index (χ1v) is 16.2. The zero-order valence-corrected chi connectivity index (χ0v) is 29.4. The van der Waals surface area contributed by atoms with Crippen molar-refractivity contribution in [1.82, 2.24) is 31.9 Å². The second-order valence-corrected chi connectivity index (χ2v) is 12.7. The van der Waals surface area contributed by atoms with Gasteiger partial charge in [-0.15, -0.1) is 0 Å². The molecule has 0 radical (unpaired) electrons. The van der Waals surface area contributed by atoms with Gasteiger partial charge in [0.15, 0.2) is 5.96 Å². The van der Waals surface area contributed by atoms with Gasteiger partial charge in [0.05, 0.1) is 12.6 Å². The number of aliphatic hydroxyl groups excluding tert-OH is 1.